The zero-order valence-electron chi connectivity index (χ0n) is 12.3. The highest BCUT2D eigenvalue weighted by Gasteiger charge is 2.17. The van der Waals surface area contributed by atoms with Crippen LogP contribution in [-0.4, -0.2) is 26.2 Å². The summed E-state index contributed by atoms with van der Waals surface area (Å²) in [6, 6.07) is 8.40. The first-order valence-corrected chi connectivity index (χ1v) is 6.55. The Bertz CT molecular complexity index is 658. The Hall–Kier alpha value is -2.60. The van der Waals surface area contributed by atoms with Crippen LogP contribution in [-0.2, 0) is 27.4 Å². The zero-order chi connectivity index (χ0) is 15.9. The van der Waals surface area contributed by atoms with Crippen LogP contribution in [0.4, 0.5) is 0 Å². The summed E-state index contributed by atoms with van der Waals surface area (Å²) in [5.74, 6) is -0.805. The number of benzene rings is 1. The zero-order valence-corrected chi connectivity index (χ0v) is 12.3. The summed E-state index contributed by atoms with van der Waals surface area (Å²) in [6.07, 6.45) is 1.34. The molecule has 0 atom stereocenters. The van der Waals surface area contributed by atoms with Crippen molar-refractivity contribution in [1.29, 1.82) is 0 Å². The van der Waals surface area contributed by atoms with Gasteiger partial charge in [0.05, 0.1) is 25.5 Å². The van der Waals surface area contributed by atoms with Crippen LogP contribution < -0.4 is 0 Å². The third-order valence-corrected chi connectivity index (χ3v) is 2.96. The maximum Gasteiger partial charge on any atom is 0.341 e. The molecular formula is C16H16O6. The lowest BCUT2D eigenvalue weighted by molar-refractivity contribution is 0.0432. The summed E-state index contributed by atoms with van der Waals surface area (Å²) in [5.41, 5.74) is 1.51. The average molecular weight is 304 g/mol. The molecule has 1 aromatic carbocycles. The summed E-state index contributed by atoms with van der Waals surface area (Å²) in [6.45, 7) is 0.260. The van der Waals surface area contributed by atoms with Crippen LogP contribution in [0.25, 0.3) is 0 Å². The molecule has 0 spiro atoms. The molecule has 1 heterocycles. The van der Waals surface area contributed by atoms with E-state index in [0.29, 0.717) is 12.2 Å². The van der Waals surface area contributed by atoms with Gasteiger partial charge in [0, 0.05) is 7.11 Å². The number of rotatable bonds is 6. The highest BCUT2D eigenvalue weighted by molar-refractivity contribution is 5.91. The molecule has 0 saturated carbocycles. The fourth-order valence-electron chi connectivity index (χ4n) is 1.91. The molecule has 0 aliphatic heterocycles. The Labute approximate surface area is 127 Å². The van der Waals surface area contributed by atoms with Crippen molar-refractivity contribution in [3.8, 4) is 0 Å². The van der Waals surface area contributed by atoms with E-state index in [-0.39, 0.29) is 17.9 Å². The maximum absolute atomic E-state index is 12.0. The van der Waals surface area contributed by atoms with Crippen LogP contribution >= 0.6 is 0 Å². The SMILES string of the molecule is COCc1cccc(C(=O)OCc2occc2C(=O)OC)c1. The molecule has 0 aliphatic carbocycles. The summed E-state index contributed by atoms with van der Waals surface area (Å²) < 4.78 is 19.9. The third-order valence-electron chi connectivity index (χ3n) is 2.96. The molecule has 116 valence electrons. The fraction of sp³-hybridized carbons (Fsp3) is 0.250. The Morgan fingerprint density at radius 3 is 2.64 bits per heavy atom. The van der Waals surface area contributed by atoms with Gasteiger partial charge in [-0.15, -0.1) is 0 Å². The number of carbonyl (C=O) groups is 2. The third kappa shape index (κ3) is 3.73. The monoisotopic (exact) mass is 304 g/mol. The van der Waals surface area contributed by atoms with Crippen molar-refractivity contribution < 1.29 is 28.2 Å². The first-order chi connectivity index (χ1) is 10.7. The van der Waals surface area contributed by atoms with Crippen molar-refractivity contribution >= 4 is 11.9 Å². The van der Waals surface area contributed by atoms with Gasteiger partial charge in [0.2, 0.25) is 0 Å². The van der Waals surface area contributed by atoms with E-state index >= 15 is 0 Å². The van der Waals surface area contributed by atoms with E-state index in [9.17, 15) is 9.59 Å². The normalized spacial score (nSPS) is 10.3. The molecule has 1 aromatic heterocycles. The second-order valence-electron chi connectivity index (χ2n) is 4.46. The summed E-state index contributed by atoms with van der Waals surface area (Å²) >= 11 is 0. The summed E-state index contributed by atoms with van der Waals surface area (Å²) in [4.78, 5) is 23.5. The summed E-state index contributed by atoms with van der Waals surface area (Å²) in [5, 5.41) is 0. The summed E-state index contributed by atoms with van der Waals surface area (Å²) in [7, 11) is 2.85. The minimum absolute atomic E-state index is 0.148. The first-order valence-electron chi connectivity index (χ1n) is 6.55. The highest BCUT2D eigenvalue weighted by atomic mass is 16.5. The van der Waals surface area contributed by atoms with E-state index < -0.39 is 11.9 Å². The van der Waals surface area contributed by atoms with Gasteiger partial charge in [0.1, 0.15) is 5.56 Å². The van der Waals surface area contributed by atoms with Gasteiger partial charge in [0.25, 0.3) is 0 Å². The quantitative estimate of drug-likeness (QED) is 0.764. The first kappa shape index (κ1) is 15.8. The number of ether oxygens (including phenoxy) is 3. The van der Waals surface area contributed by atoms with Crippen molar-refractivity contribution in [3.05, 3.63) is 59.0 Å². The molecule has 0 fully saturated rings. The fourth-order valence-corrected chi connectivity index (χ4v) is 1.91. The molecule has 2 rings (SSSR count). The molecule has 2 aromatic rings. The lowest BCUT2D eigenvalue weighted by Gasteiger charge is -2.06. The van der Waals surface area contributed by atoms with E-state index in [2.05, 4.69) is 4.74 Å². The predicted molar refractivity (Wildman–Crippen MR) is 76.3 cm³/mol. The molecular weight excluding hydrogens is 288 g/mol. The van der Waals surface area contributed by atoms with E-state index in [1.54, 1.807) is 25.3 Å². The molecule has 22 heavy (non-hydrogen) atoms. The number of carbonyl (C=O) groups excluding carboxylic acids is 2. The predicted octanol–water partition coefficient (Wildman–Crippen LogP) is 2.57. The second kappa shape index (κ2) is 7.42. The van der Waals surface area contributed by atoms with Crippen molar-refractivity contribution in [2.45, 2.75) is 13.2 Å². The van der Waals surface area contributed by atoms with Crippen LogP contribution in [0.15, 0.2) is 41.0 Å². The molecule has 0 unspecified atom stereocenters. The molecule has 0 N–H and O–H groups in total. The molecule has 0 saturated heterocycles. The Balaban J connectivity index is 2.03. The van der Waals surface area contributed by atoms with Crippen LogP contribution in [0.1, 0.15) is 32.0 Å². The minimum atomic E-state index is -0.540. The van der Waals surface area contributed by atoms with Crippen LogP contribution in [0.2, 0.25) is 0 Å². The Morgan fingerprint density at radius 1 is 1.09 bits per heavy atom. The number of hydrogen-bond acceptors (Lipinski definition) is 6. The van der Waals surface area contributed by atoms with Gasteiger partial charge in [-0.1, -0.05) is 12.1 Å². The Morgan fingerprint density at radius 2 is 1.91 bits per heavy atom. The van der Waals surface area contributed by atoms with Crippen molar-refractivity contribution in [3.63, 3.8) is 0 Å². The van der Waals surface area contributed by atoms with E-state index in [4.69, 9.17) is 13.9 Å². The standard InChI is InChI=1S/C16H16O6/c1-19-9-11-4-3-5-12(8-11)15(17)22-10-14-13(6-7-21-14)16(18)20-2/h3-8H,9-10H2,1-2H3. The smallest absolute Gasteiger partial charge is 0.341 e. The average Bonchev–Trinajstić information content (AvgIpc) is 3.01. The van der Waals surface area contributed by atoms with Gasteiger partial charge < -0.3 is 18.6 Å². The van der Waals surface area contributed by atoms with Crippen LogP contribution in [0, 0.1) is 0 Å². The van der Waals surface area contributed by atoms with E-state index in [0.717, 1.165) is 5.56 Å². The van der Waals surface area contributed by atoms with Crippen LogP contribution in [0.5, 0.6) is 0 Å². The van der Waals surface area contributed by atoms with Crippen LogP contribution in [0.3, 0.4) is 0 Å². The van der Waals surface area contributed by atoms with E-state index in [1.165, 1.54) is 19.4 Å². The lowest BCUT2D eigenvalue weighted by atomic mass is 10.1. The van der Waals surface area contributed by atoms with Crippen molar-refractivity contribution in [1.82, 2.24) is 0 Å². The van der Waals surface area contributed by atoms with Gasteiger partial charge in [-0.05, 0) is 23.8 Å². The Kier molecular flexibility index (Phi) is 5.32. The molecule has 6 heteroatoms. The number of hydrogen-bond donors (Lipinski definition) is 0. The lowest BCUT2D eigenvalue weighted by Crippen LogP contribution is -2.08. The molecule has 0 amide bonds. The minimum Gasteiger partial charge on any atom is -0.465 e. The van der Waals surface area contributed by atoms with Gasteiger partial charge in [-0.3, -0.25) is 0 Å². The van der Waals surface area contributed by atoms with Gasteiger partial charge in [-0.2, -0.15) is 0 Å². The largest absolute Gasteiger partial charge is 0.465 e. The highest BCUT2D eigenvalue weighted by Crippen LogP contribution is 2.15. The topological polar surface area (TPSA) is 75.0 Å². The number of esters is 2. The van der Waals surface area contributed by atoms with Gasteiger partial charge in [0.15, 0.2) is 12.4 Å². The van der Waals surface area contributed by atoms with Crippen molar-refractivity contribution in [2.75, 3.05) is 14.2 Å². The van der Waals surface area contributed by atoms with Crippen molar-refractivity contribution in [2.24, 2.45) is 0 Å². The second-order valence-corrected chi connectivity index (χ2v) is 4.46. The van der Waals surface area contributed by atoms with Gasteiger partial charge >= 0.3 is 11.9 Å². The van der Waals surface area contributed by atoms with E-state index in [1.807, 2.05) is 6.07 Å². The molecule has 0 bridgehead atoms. The molecule has 0 radical (unpaired) electrons. The molecule has 0 aliphatic rings. The number of methoxy groups -OCH3 is 2. The van der Waals surface area contributed by atoms with Gasteiger partial charge in [-0.25, -0.2) is 9.59 Å². The molecule has 6 nitrogen and oxygen atoms in total. The number of furan rings is 1. The maximum atomic E-state index is 12.0.